The predicted octanol–water partition coefficient (Wildman–Crippen LogP) is 3.81. The summed E-state index contributed by atoms with van der Waals surface area (Å²) in [6.07, 6.45) is 6.59. The van der Waals surface area contributed by atoms with Crippen LogP contribution in [-0.2, 0) is 11.2 Å². The van der Waals surface area contributed by atoms with Crippen LogP contribution in [0.5, 0.6) is 0 Å². The molecule has 2 aromatic rings. The van der Waals surface area contributed by atoms with Gasteiger partial charge in [0.2, 0.25) is 0 Å². The summed E-state index contributed by atoms with van der Waals surface area (Å²) in [6, 6.07) is 10.3. The van der Waals surface area contributed by atoms with E-state index in [9.17, 15) is 0 Å². The van der Waals surface area contributed by atoms with E-state index in [4.69, 9.17) is 9.73 Å². The van der Waals surface area contributed by atoms with E-state index in [0.29, 0.717) is 5.41 Å². The largest absolute Gasteiger partial charge is 0.381 e. The summed E-state index contributed by atoms with van der Waals surface area (Å²) < 4.78 is 7.65. The molecule has 2 fully saturated rings. The molecule has 7 heteroatoms. The molecule has 0 saturated carbocycles. The van der Waals surface area contributed by atoms with Gasteiger partial charge in [-0.2, -0.15) is 5.10 Å². The third kappa shape index (κ3) is 5.35. The minimum Gasteiger partial charge on any atom is -0.381 e. The van der Waals surface area contributed by atoms with Crippen molar-refractivity contribution >= 4 is 29.9 Å². The summed E-state index contributed by atoms with van der Waals surface area (Å²) >= 11 is 0. The SMILES string of the molecule is CCNC(=NCCCc1cn(-c2ccccc2)nc1C)N1CCC2(CCOC2)C1.I. The van der Waals surface area contributed by atoms with E-state index in [0.717, 1.165) is 69.6 Å². The molecule has 4 rings (SSSR count). The lowest BCUT2D eigenvalue weighted by atomic mass is 9.87. The fraction of sp³-hybridized carbons (Fsp3) is 0.565. The number of rotatable bonds is 6. The van der Waals surface area contributed by atoms with E-state index in [1.165, 1.54) is 18.4 Å². The first-order valence-corrected chi connectivity index (χ1v) is 10.9. The molecule has 2 aliphatic rings. The van der Waals surface area contributed by atoms with E-state index in [2.05, 4.69) is 47.5 Å². The molecule has 0 radical (unpaired) electrons. The zero-order valence-electron chi connectivity index (χ0n) is 18.1. The number of nitrogens with one attached hydrogen (secondary N) is 1. The number of aryl methyl sites for hydroxylation is 2. The molecule has 1 aromatic carbocycles. The molecule has 2 saturated heterocycles. The van der Waals surface area contributed by atoms with Crippen LogP contribution >= 0.6 is 24.0 Å². The van der Waals surface area contributed by atoms with E-state index in [1.807, 2.05) is 22.9 Å². The standard InChI is InChI=1S/C23H33N5O.HI/c1-3-24-22(27-14-11-23(17-27)12-15-29-18-23)25-13-7-8-20-16-28(26-19(20)2)21-9-5-4-6-10-21;/h4-6,9-10,16H,3,7-8,11-15,17-18H2,1-2H3,(H,24,25);1H. The Balaban J connectivity index is 0.00000256. The van der Waals surface area contributed by atoms with Crippen LogP contribution in [0.1, 0.15) is 37.4 Å². The zero-order chi connectivity index (χ0) is 20.1. The Morgan fingerprint density at radius 3 is 2.83 bits per heavy atom. The van der Waals surface area contributed by atoms with Crippen LogP contribution in [0, 0.1) is 12.3 Å². The van der Waals surface area contributed by atoms with Gasteiger partial charge in [0.1, 0.15) is 0 Å². The molecule has 30 heavy (non-hydrogen) atoms. The Labute approximate surface area is 197 Å². The minimum absolute atomic E-state index is 0. The first kappa shape index (κ1) is 23.1. The molecular weight excluding hydrogens is 489 g/mol. The zero-order valence-corrected chi connectivity index (χ0v) is 20.5. The Kier molecular flexibility index (Phi) is 8.16. The number of guanidine groups is 1. The van der Waals surface area contributed by atoms with Crippen molar-refractivity contribution in [2.75, 3.05) is 39.4 Å². The normalized spacial score (nSPS) is 21.3. The highest BCUT2D eigenvalue weighted by Crippen LogP contribution is 2.38. The Morgan fingerprint density at radius 2 is 2.10 bits per heavy atom. The second kappa shape index (κ2) is 10.6. The highest BCUT2D eigenvalue weighted by molar-refractivity contribution is 14.0. The first-order valence-electron chi connectivity index (χ1n) is 10.9. The van der Waals surface area contributed by atoms with Gasteiger partial charge < -0.3 is 15.0 Å². The van der Waals surface area contributed by atoms with Crippen molar-refractivity contribution in [1.82, 2.24) is 20.0 Å². The average molecular weight is 523 g/mol. The maximum absolute atomic E-state index is 5.67. The smallest absolute Gasteiger partial charge is 0.193 e. The van der Waals surface area contributed by atoms with Crippen LogP contribution in [-0.4, -0.2) is 60.0 Å². The number of hydrogen-bond donors (Lipinski definition) is 1. The molecule has 2 aliphatic heterocycles. The summed E-state index contributed by atoms with van der Waals surface area (Å²) in [5, 5.41) is 8.16. The number of aromatic nitrogens is 2. The topological polar surface area (TPSA) is 54.7 Å². The first-order chi connectivity index (χ1) is 14.2. The van der Waals surface area contributed by atoms with Gasteiger partial charge in [-0.1, -0.05) is 18.2 Å². The van der Waals surface area contributed by atoms with Gasteiger partial charge in [0.25, 0.3) is 0 Å². The molecule has 0 amide bonds. The minimum atomic E-state index is 0. The van der Waals surface area contributed by atoms with Gasteiger partial charge >= 0.3 is 0 Å². The van der Waals surface area contributed by atoms with Crippen molar-refractivity contribution in [2.24, 2.45) is 10.4 Å². The number of hydrogen-bond acceptors (Lipinski definition) is 3. The van der Waals surface area contributed by atoms with Gasteiger partial charge in [-0.25, -0.2) is 4.68 Å². The van der Waals surface area contributed by atoms with Gasteiger partial charge in [-0.15, -0.1) is 24.0 Å². The molecule has 1 unspecified atom stereocenters. The molecular formula is C23H34IN5O. The number of ether oxygens (including phenoxy) is 1. The molecule has 6 nitrogen and oxygen atoms in total. The number of nitrogens with zero attached hydrogens (tertiary/aromatic N) is 4. The molecule has 1 spiro atoms. The van der Waals surface area contributed by atoms with E-state index < -0.39 is 0 Å². The molecule has 0 aliphatic carbocycles. The number of para-hydroxylation sites is 1. The maximum Gasteiger partial charge on any atom is 0.193 e. The second-order valence-corrected chi connectivity index (χ2v) is 8.33. The maximum atomic E-state index is 5.67. The van der Waals surface area contributed by atoms with Crippen molar-refractivity contribution in [3.63, 3.8) is 0 Å². The van der Waals surface area contributed by atoms with E-state index >= 15 is 0 Å². The lowest BCUT2D eigenvalue weighted by molar-refractivity contribution is 0.156. The second-order valence-electron chi connectivity index (χ2n) is 8.33. The van der Waals surface area contributed by atoms with Gasteiger partial charge in [0.05, 0.1) is 18.0 Å². The van der Waals surface area contributed by atoms with Gasteiger partial charge in [0, 0.05) is 44.4 Å². The van der Waals surface area contributed by atoms with Gasteiger partial charge in [0.15, 0.2) is 5.96 Å². The third-order valence-electron chi connectivity index (χ3n) is 6.14. The van der Waals surface area contributed by atoms with Crippen LogP contribution in [0.4, 0.5) is 0 Å². The molecule has 1 atom stereocenters. The lowest BCUT2D eigenvalue weighted by Crippen LogP contribution is -2.41. The van der Waals surface area contributed by atoms with Crippen LogP contribution in [0.25, 0.3) is 5.69 Å². The highest BCUT2D eigenvalue weighted by Gasteiger charge is 2.42. The fourth-order valence-corrected chi connectivity index (χ4v) is 4.42. The summed E-state index contributed by atoms with van der Waals surface area (Å²) in [7, 11) is 0. The molecule has 1 N–H and O–H groups in total. The van der Waals surface area contributed by atoms with Crippen LogP contribution in [0.15, 0.2) is 41.5 Å². The average Bonchev–Trinajstić information content (AvgIpc) is 3.47. The van der Waals surface area contributed by atoms with Crippen molar-refractivity contribution < 1.29 is 4.74 Å². The summed E-state index contributed by atoms with van der Waals surface area (Å²) in [5.41, 5.74) is 3.87. The van der Waals surface area contributed by atoms with Crippen LogP contribution < -0.4 is 5.32 Å². The molecule has 3 heterocycles. The highest BCUT2D eigenvalue weighted by atomic mass is 127. The quantitative estimate of drug-likeness (QED) is 0.271. The van der Waals surface area contributed by atoms with E-state index in [-0.39, 0.29) is 24.0 Å². The van der Waals surface area contributed by atoms with Crippen LogP contribution in [0.3, 0.4) is 0 Å². The number of halogens is 1. The van der Waals surface area contributed by atoms with Crippen LogP contribution in [0.2, 0.25) is 0 Å². The third-order valence-corrected chi connectivity index (χ3v) is 6.14. The van der Waals surface area contributed by atoms with Crippen molar-refractivity contribution in [1.29, 1.82) is 0 Å². The summed E-state index contributed by atoms with van der Waals surface area (Å²) in [5.74, 6) is 1.06. The van der Waals surface area contributed by atoms with Crippen molar-refractivity contribution in [2.45, 2.75) is 39.5 Å². The van der Waals surface area contributed by atoms with Crippen molar-refractivity contribution in [3.05, 3.63) is 47.8 Å². The van der Waals surface area contributed by atoms with Crippen molar-refractivity contribution in [3.8, 4) is 5.69 Å². The van der Waals surface area contributed by atoms with E-state index in [1.54, 1.807) is 0 Å². The predicted molar refractivity (Wildman–Crippen MR) is 132 cm³/mol. The van der Waals surface area contributed by atoms with Gasteiger partial charge in [-0.05, 0) is 57.2 Å². The van der Waals surface area contributed by atoms with Gasteiger partial charge in [-0.3, -0.25) is 4.99 Å². The molecule has 1 aromatic heterocycles. The monoisotopic (exact) mass is 523 g/mol. The summed E-state index contributed by atoms with van der Waals surface area (Å²) in [4.78, 5) is 7.35. The lowest BCUT2D eigenvalue weighted by Gasteiger charge is -2.25. The Hall–Kier alpha value is -1.61. The Morgan fingerprint density at radius 1 is 1.27 bits per heavy atom. The molecule has 164 valence electrons. The number of aliphatic imine (C=N–C) groups is 1. The molecule has 0 bridgehead atoms. The fourth-order valence-electron chi connectivity index (χ4n) is 4.42. The number of likely N-dealkylation sites (tertiary alicyclic amines) is 1. The number of benzene rings is 1. The Bertz CT molecular complexity index is 829. The summed E-state index contributed by atoms with van der Waals surface area (Å²) in [6.45, 7) is 9.95.